The first-order valence-electron chi connectivity index (χ1n) is 6.04. The maximum absolute atomic E-state index is 11.6. The average Bonchev–Trinajstić information content (AvgIpc) is 2.55. The first-order valence-corrected chi connectivity index (χ1v) is 6.83. The molecule has 0 aliphatic rings. The highest BCUT2D eigenvalue weighted by molar-refractivity contribution is 9.10. The summed E-state index contributed by atoms with van der Waals surface area (Å²) in [4.78, 5) is 11.6. The van der Waals surface area contributed by atoms with Crippen LogP contribution in [0, 0.1) is 0 Å². The fourth-order valence-electron chi connectivity index (χ4n) is 1.52. The quantitative estimate of drug-likeness (QED) is 0.884. The topological polar surface area (TPSA) is 76.4 Å². The van der Waals surface area contributed by atoms with Crippen LogP contribution in [0.1, 0.15) is 33.4 Å². The molecular weight excluding hydrogens is 314 g/mol. The summed E-state index contributed by atoms with van der Waals surface area (Å²) >= 11 is 3.25. The number of aliphatic hydroxyl groups is 1. The van der Waals surface area contributed by atoms with Gasteiger partial charge in [-0.2, -0.15) is 5.10 Å². The molecule has 0 spiro atoms. The molecule has 0 saturated heterocycles. The molecule has 108 valence electrons. The Morgan fingerprint density at radius 1 is 1.63 bits per heavy atom. The van der Waals surface area contributed by atoms with Crippen LogP contribution in [0.3, 0.4) is 0 Å². The summed E-state index contributed by atoms with van der Waals surface area (Å²) in [6, 6.07) is 1.58. The molecule has 6 nitrogen and oxygen atoms in total. The number of hydrogen-bond acceptors (Lipinski definition) is 4. The molecule has 0 saturated carbocycles. The molecule has 0 aromatic carbocycles. The highest BCUT2D eigenvalue weighted by Crippen LogP contribution is 2.11. The molecule has 7 heteroatoms. The predicted molar refractivity (Wildman–Crippen MR) is 74.7 cm³/mol. The second-order valence-electron chi connectivity index (χ2n) is 5.35. The van der Waals surface area contributed by atoms with Gasteiger partial charge in [-0.3, -0.25) is 4.68 Å². The largest absolute Gasteiger partial charge is 0.444 e. The number of rotatable bonds is 4. The van der Waals surface area contributed by atoms with E-state index in [1.807, 2.05) is 27.7 Å². The van der Waals surface area contributed by atoms with Gasteiger partial charge >= 0.3 is 6.09 Å². The number of amides is 1. The number of aliphatic hydroxyl groups excluding tert-OH is 1. The zero-order chi connectivity index (χ0) is 14.6. The minimum absolute atomic E-state index is 0.0994. The number of nitrogens with one attached hydrogen (secondary N) is 1. The van der Waals surface area contributed by atoms with Crippen molar-refractivity contribution in [1.82, 2.24) is 15.1 Å². The molecule has 0 aliphatic heterocycles. The summed E-state index contributed by atoms with van der Waals surface area (Å²) in [6.45, 7) is 7.64. The van der Waals surface area contributed by atoms with Crippen LogP contribution in [0.4, 0.5) is 4.79 Å². The first kappa shape index (κ1) is 16.0. The van der Waals surface area contributed by atoms with Crippen molar-refractivity contribution in [2.75, 3.05) is 0 Å². The summed E-state index contributed by atoms with van der Waals surface area (Å²) in [7, 11) is 0. The van der Waals surface area contributed by atoms with Gasteiger partial charge in [-0.25, -0.2) is 4.79 Å². The number of carbonyl (C=O) groups excluding carboxylic acids is 1. The van der Waals surface area contributed by atoms with Gasteiger partial charge in [0.05, 0.1) is 18.8 Å². The van der Waals surface area contributed by atoms with E-state index in [4.69, 9.17) is 4.74 Å². The summed E-state index contributed by atoms with van der Waals surface area (Å²) in [5.41, 5.74) is 0.166. The normalized spacial score (nSPS) is 13.2. The summed E-state index contributed by atoms with van der Waals surface area (Å²) in [5, 5.41) is 16.1. The molecule has 1 atom stereocenters. The molecule has 0 unspecified atom stereocenters. The van der Waals surface area contributed by atoms with E-state index in [0.29, 0.717) is 16.8 Å². The minimum atomic E-state index is -0.519. The maximum Gasteiger partial charge on any atom is 0.407 e. The Hall–Kier alpha value is -1.08. The molecule has 0 bridgehead atoms. The Labute approximate surface area is 121 Å². The van der Waals surface area contributed by atoms with Crippen LogP contribution in [0.25, 0.3) is 0 Å². The fourth-order valence-corrected chi connectivity index (χ4v) is 1.98. The molecule has 0 aliphatic carbocycles. The Balaban J connectivity index is 2.55. The molecule has 1 rings (SSSR count). The lowest BCUT2D eigenvalue weighted by Gasteiger charge is -2.22. The van der Waals surface area contributed by atoms with Gasteiger partial charge in [0, 0.05) is 6.04 Å². The van der Waals surface area contributed by atoms with Crippen molar-refractivity contribution in [3.8, 4) is 0 Å². The third kappa shape index (κ3) is 5.61. The van der Waals surface area contributed by atoms with Gasteiger partial charge in [-0.1, -0.05) is 0 Å². The monoisotopic (exact) mass is 333 g/mol. The number of hydrogen-bond donors (Lipinski definition) is 2. The number of alkyl carbamates (subject to hydrolysis) is 1. The highest BCUT2D eigenvalue weighted by atomic mass is 79.9. The Kier molecular flexibility index (Phi) is 5.37. The van der Waals surface area contributed by atoms with E-state index in [1.165, 1.54) is 0 Å². The minimum Gasteiger partial charge on any atom is -0.444 e. The van der Waals surface area contributed by atoms with Gasteiger partial charge in [0.1, 0.15) is 10.2 Å². The van der Waals surface area contributed by atoms with Crippen LogP contribution < -0.4 is 5.32 Å². The van der Waals surface area contributed by atoms with E-state index in [0.717, 1.165) is 0 Å². The molecule has 2 N–H and O–H groups in total. The van der Waals surface area contributed by atoms with Crippen molar-refractivity contribution >= 4 is 22.0 Å². The van der Waals surface area contributed by atoms with Crippen LogP contribution in [0.5, 0.6) is 0 Å². The van der Waals surface area contributed by atoms with Crippen LogP contribution in [-0.4, -0.2) is 32.6 Å². The molecule has 0 fully saturated rings. The van der Waals surface area contributed by atoms with Crippen LogP contribution in [-0.2, 0) is 17.9 Å². The highest BCUT2D eigenvalue weighted by Gasteiger charge is 2.18. The van der Waals surface area contributed by atoms with Crippen LogP contribution in [0.15, 0.2) is 10.7 Å². The van der Waals surface area contributed by atoms with E-state index < -0.39 is 11.7 Å². The maximum atomic E-state index is 11.6. The first-order chi connectivity index (χ1) is 8.71. The number of carbonyl (C=O) groups is 1. The Morgan fingerprint density at radius 2 is 2.26 bits per heavy atom. The Morgan fingerprint density at radius 3 is 2.79 bits per heavy atom. The van der Waals surface area contributed by atoms with Gasteiger partial charge in [-0.15, -0.1) is 0 Å². The van der Waals surface area contributed by atoms with Gasteiger partial charge in [-0.05, 0) is 49.7 Å². The van der Waals surface area contributed by atoms with Gasteiger partial charge in [0.2, 0.25) is 0 Å². The SMILES string of the molecule is C[C@H](Cn1nc(Br)cc1CO)NC(=O)OC(C)(C)C. The second-order valence-corrected chi connectivity index (χ2v) is 6.16. The summed E-state index contributed by atoms with van der Waals surface area (Å²) < 4.78 is 7.47. The second kappa shape index (κ2) is 6.38. The number of halogens is 1. The van der Waals surface area contributed by atoms with E-state index in [-0.39, 0.29) is 12.6 Å². The van der Waals surface area contributed by atoms with Crippen molar-refractivity contribution in [3.63, 3.8) is 0 Å². The molecular formula is C12H20BrN3O3. The predicted octanol–water partition coefficient (Wildman–Crippen LogP) is 2.05. The lowest BCUT2D eigenvalue weighted by molar-refractivity contribution is 0.0503. The summed E-state index contributed by atoms with van der Waals surface area (Å²) in [5.74, 6) is 0. The number of ether oxygens (including phenoxy) is 1. The van der Waals surface area contributed by atoms with Crippen molar-refractivity contribution in [2.45, 2.75) is 52.5 Å². The van der Waals surface area contributed by atoms with Crippen molar-refractivity contribution in [3.05, 3.63) is 16.4 Å². The van der Waals surface area contributed by atoms with E-state index >= 15 is 0 Å². The molecule has 1 aromatic heterocycles. The van der Waals surface area contributed by atoms with E-state index in [2.05, 4.69) is 26.3 Å². The molecule has 1 aromatic rings. The zero-order valence-corrected chi connectivity index (χ0v) is 13.2. The molecule has 1 amide bonds. The molecule has 1 heterocycles. The average molecular weight is 334 g/mol. The lowest BCUT2D eigenvalue weighted by atomic mass is 10.2. The number of aromatic nitrogens is 2. The smallest absolute Gasteiger partial charge is 0.407 e. The van der Waals surface area contributed by atoms with Crippen LogP contribution >= 0.6 is 15.9 Å². The van der Waals surface area contributed by atoms with Gasteiger partial charge < -0.3 is 15.2 Å². The number of nitrogens with zero attached hydrogens (tertiary/aromatic N) is 2. The molecule has 19 heavy (non-hydrogen) atoms. The van der Waals surface area contributed by atoms with Crippen LogP contribution in [0.2, 0.25) is 0 Å². The van der Waals surface area contributed by atoms with E-state index in [1.54, 1.807) is 10.7 Å². The van der Waals surface area contributed by atoms with Crippen molar-refractivity contribution < 1.29 is 14.6 Å². The van der Waals surface area contributed by atoms with Crippen molar-refractivity contribution in [1.29, 1.82) is 0 Å². The van der Waals surface area contributed by atoms with Gasteiger partial charge in [0.15, 0.2) is 0 Å². The lowest BCUT2D eigenvalue weighted by Crippen LogP contribution is -2.40. The van der Waals surface area contributed by atoms with Crippen molar-refractivity contribution in [2.24, 2.45) is 0 Å². The standard InChI is InChI=1S/C12H20BrN3O3/c1-8(14-11(18)19-12(2,3)4)6-16-9(7-17)5-10(13)15-16/h5,8,17H,6-7H2,1-4H3,(H,14,18)/t8-/m1/s1. The summed E-state index contributed by atoms with van der Waals surface area (Å²) in [6.07, 6.45) is -0.461. The zero-order valence-electron chi connectivity index (χ0n) is 11.6. The third-order valence-electron chi connectivity index (χ3n) is 2.21. The third-order valence-corrected chi connectivity index (χ3v) is 2.59. The van der Waals surface area contributed by atoms with E-state index in [9.17, 15) is 9.90 Å². The Bertz CT molecular complexity index is 440. The fraction of sp³-hybridized carbons (Fsp3) is 0.667. The molecule has 0 radical (unpaired) electrons. The van der Waals surface area contributed by atoms with Gasteiger partial charge in [0.25, 0.3) is 0 Å².